The molecule has 27 heavy (non-hydrogen) atoms. The van der Waals surface area contributed by atoms with Crippen molar-refractivity contribution in [1.29, 1.82) is 0 Å². The van der Waals surface area contributed by atoms with Crippen molar-refractivity contribution < 1.29 is 13.2 Å². The lowest BCUT2D eigenvalue weighted by molar-refractivity contribution is 0.204. The summed E-state index contributed by atoms with van der Waals surface area (Å²) in [4.78, 5) is 8.69. The first kappa shape index (κ1) is 19.0. The number of hydrogen-bond acceptors (Lipinski definition) is 6. The lowest BCUT2D eigenvalue weighted by atomic mass is 10.1. The van der Waals surface area contributed by atoms with Gasteiger partial charge in [-0.1, -0.05) is 30.3 Å². The maximum atomic E-state index is 12.2. The molecule has 0 atom stereocenters. The van der Waals surface area contributed by atoms with Gasteiger partial charge >= 0.3 is 0 Å². The van der Waals surface area contributed by atoms with E-state index in [0.29, 0.717) is 12.4 Å². The summed E-state index contributed by atoms with van der Waals surface area (Å²) in [6.07, 6.45) is 1.49. The fourth-order valence-corrected chi connectivity index (χ4v) is 3.43. The average molecular weight is 384 g/mol. The predicted octanol–water partition coefficient (Wildman–Crippen LogP) is 2.81. The van der Waals surface area contributed by atoms with Crippen molar-refractivity contribution >= 4 is 21.5 Å². The van der Waals surface area contributed by atoms with Crippen LogP contribution in [0.25, 0.3) is 11.3 Å². The van der Waals surface area contributed by atoms with Gasteiger partial charge in [-0.05, 0) is 24.3 Å². The Morgan fingerprint density at radius 2 is 1.74 bits per heavy atom. The summed E-state index contributed by atoms with van der Waals surface area (Å²) in [7, 11) is -2.03. The normalized spacial score (nSPS) is 11.3. The second-order valence-corrected chi connectivity index (χ2v) is 7.46. The highest BCUT2D eigenvalue weighted by Crippen LogP contribution is 2.21. The van der Waals surface area contributed by atoms with Crippen LogP contribution in [0.4, 0.5) is 11.5 Å². The van der Waals surface area contributed by atoms with Crippen molar-refractivity contribution in [3.8, 4) is 11.3 Å². The molecule has 0 radical (unpaired) electrons. The fraction of sp³-hybridized carbons (Fsp3) is 0.158. The Balaban J connectivity index is 1.72. The molecule has 0 aliphatic heterocycles. The van der Waals surface area contributed by atoms with Gasteiger partial charge in [0.15, 0.2) is 0 Å². The van der Waals surface area contributed by atoms with E-state index in [9.17, 15) is 8.42 Å². The second kappa shape index (κ2) is 8.72. The molecule has 0 saturated carbocycles. The van der Waals surface area contributed by atoms with Crippen molar-refractivity contribution in [2.75, 3.05) is 25.6 Å². The molecule has 0 aliphatic rings. The van der Waals surface area contributed by atoms with Gasteiger partial charge in [-0.25, -0.2) is 23.1 Å². The first-order valence-corrected chi connectivity index (χ1v) is 9.80. The first-order valence-electron chi connectivity index (χ1n) is 8.32. The van der Waals surface area contributed by atoms with Crippen LogP contribution in [0, 0.1) is 0 Å². The molecule has 0 amide bonds. The smallest absolute Gasteiger partial charge is 0.240 e. The highest BCUT2D eigenvalue weighted by molar-refractivity contribution is 7.89. The van der Waals surface area contributed by atoms with E-state index in [1.807, 2.05) is 36.4 Å². The Labute approximate surface area is 158 Å². The summed E-state index contributed by atoms with van der Waals surface area (Å²) in [6.45, 7) is 0.540. The van der Waals surface area contributed by atoms with Crippen LogP contribution < -0.4 is 10.0 Å². The Hall–Kier alpha value is -2.81. The molecule has 1 heterocycles. The van der Waals surface area contributed by atoms with Crippen LogP contribution in [0.2, 0.25) is 0 Å². The quantitative estimate of drug-likeness (QED) is 0.580. The number of hydrogen-bond donors (Lipinski definition) is 2. The summed E-state index contributed by atoms with van der Waals surface area (Å²) in [5.74, 6) is 0.623. The van der Waals surface area contributed by atoms with Crippen molar-refractivity contribution in [3.05, 3.63) is 67.0 Å². The highest BCUT2D eigenvalue weighted by atomic mass is 32.2. The number of ether oxygens (including phenoxy) is 1. The van der Waals surface area contributed by atoms with Crippen LogP contribution in [0.3, 0.4) is 0 Å². The third kappa shape index (κ3) is 5.10. The second-order valence-electron chi connectivity index (χ2n) is 5.69. The minimum absolute atomic E-state index is 0.191. The van der Waals surface area contributed by atoms with Crippen LogP contribution >= 0.6 is 0 Å². The molecule has 1 aromatic heterocycles. The van der Waals surface area contributed by atoms with E-state index in [-0.39, 0.29) is 11.4 Å². The average Bonchev–Trinajstić information content (AvgIpc) is 2.69. The Bertz CT molecular complexity index is 977. The molecule has 0 bridgehead atoms. The third-order valence-electron chi connectivity index (χ3n) is 3.77. The van der Waals surface area contributed by atoms with Crippen molar-refractivity contribution in [3.63, 3.8) is 0 Å². The van der Waals surface area contributed by atoms with Gasteiger partial charge in [0, 0.05) is 31.0 Å². The zero-order chi connectivity index (χ0) is 19.1. The topological polar surface area (TPSA) is 93.2 Å². The monoisotopic (exact) mass is 384 g/mol. The Morgan fingerprint density at radius 1 is 1.00 bits per heavy atom. The van der Waals surface area contributed by atoms with Crippen LogP contribution in [-0.4, -0.2) is 38.6 Å². The fourth-order valence-electron chi connectivity index (χ4n) is 2.42. The summed E-state index contributed by atoms with van der Waals surface area (Å²) >= 11 is 0. The molecule has 2 N–H and O–H groups in total. The SMILES string of the molecule is COCCNS(=O)(=O)c1ccc(Nc2cc(-c3ccccc3)ncn2)cc1. The van der Waals surface area contributed by atoms with E-state index in [2.05, 4.69) is 20.0 Å². The third-order valence-corrected chi connectivity index (χ3v) is 5.25. The number of nitrogens with zero attached hydrogens (tertiary/aromatic N) is 2. The lowest BCUT2D eigenvalue weighted by Crippen LogP contribution is -2.27. The van der Waals surface area contributed by atoms with Gasteiger partial charge in [-0.3, -0.25) is 0 Å². The van der Waals surface area contributed by atoms with Crippen molar-refractivity contribution in [2.24, 2.45) is 0 Å². The number of nitrogens with one attached hydrogen (secondary N) is 2. The molecule has 140 valence electrons. The molecule has 0 saturated heterocycles. The summed E-state index contributed by atoms with van der Waals surface area (Å²) in [5, 5.41) is 3.16. The largest absolute Gasteiger partial charge is 0.383 e. The molecular weight excluding hydrogens is 364 g/mol. The van der Waals surface area contributed by atoms with Crippen LogP contribution in [0.5, 0.6) is 0 Å². The van der Waals surface area contributed by atoms with Gasteiger partial charge in [-0.2, -0.15) is 0 Å². The van der Waals surface area contributed by atoms with Gasteiger partial charge in [0.2, 0.25) is 10.0 Å². The number of rotatable bonds is 8. The molecule has 3 rings (SSSR count). The number of methoxy groups -OCH3 is 1. The summed E-state index contributed by atoms with van der Waals surface area (Å²) < 4.78 is 31.7. The van der Waals surface area contributed by atoms with Gasteiger partial charge < -0.3 is 10.1 Å². The van der Waals surface area contributed by atoms with Crippen LogP contribution in [0.15, 0.2) is 71.9 Å². The zero-order valence-electron chi connectivity index (χ0n) is 14.8. The summed E-state index contributed by atoms with van der Waals surface area (Å²) in [5.41, 5.74) is 2.52. The van der Waals surface area contributed by atoms with Gasteiger partial charge in [0.1, 0.15) is 12.1 Å². The molecule has 7 nitrogen and oxygen atoms in total. The highest BCUT2D eigenvalue weighted by Gasteiger charge is 2.13. The van der Waals surface area contributed by atoms with Crippen molar-refractivity contribution in [2.45, 2.75) is 4.90 Å². The minimum atomic E-state index is -3.55. The molecule has 0 aliphatic carbocycles. The maximum Gasteiger partial charge on any atom is 0.240 e. The van der Waals surface area contributed by atoms with E-state index in [1.165, 1.54) is 25.6 Å². The first-order chi connectivity index (χ1) is 13.1. The number of sulfonamides is 1. The Kier molecular flexibility index (Phi) is 6.12. The van der Waals surface area contributed by atoms with Crippen molar-refractivity contribution in [1.82, 2.24) is 14.7 Å². The van der Waals surface area contributed by atoms with E-state index in [4.69, 9.17) is 4.74 Å². The summed E-state index contributed by atoms with van der Waals surface area (Å²) in [6, 6.07) is 18.1. The Morgan fingerprint density at radius 3 is 2.44 bits per heavy atom. The van der Waals surface area contributed by atoms with E-state index in [1.54, 1.807) is 12.1 Å². The van der Waals surface area contributed by atoms with Gasteiger partial charge in [0.05, 0.1) is 17.2 Å². The molecule has 2 aromatic carbocycles. The minimum Gasteiger partial charge on any atom is -0.383 e. The number of aromatic nitrogens is 2. The molecule has 8 heteroatoms. The van der Waals surface area contributed by atoms with E-state index < -0.39 is 10.0 Å². The maximum absolute atomic E-state index is 12.2. The van der Waals surface area contributed by atoms with E-state index in [0.717, 1.165) is 16.9 Å². The van der Waals surface area contributed by atoms with Crippen LogP contribution in [-0.2, 0) is 14.8 Å². The predicted molar refractivity (Wildman–Crippen MR) is 104 cm³/mol. The van der Waals surface area contributed by atoms with Gasteiger partial charge in [-0.15, -0.1) is 0 Å². The standard InChI is InChI=1S/C19H20N4O3S/c1-26-12-11-22-27(24,25)17-9-7-16(8-10-17)23-19-13-18(20-14-21-19)15-5-3-2-4-6-15/h2-10,13-14,22H,11-12H2,1H3,(H,20,21,23). The van der Waals surface area contributed by atoms with E-state index >= 15 is 0 Å². The molecule has 0 spiro atoms. The molecular formula is C19H20N4O3S. The van der Waals surface area contributed by atoms with Crippen LogP contribution in [0.1, 0.15) is 0 Å². The zero-order valence-corrected chi connectivity index (χ0v) is 15.6. The number of benzene rings is 2. The molecule has 0 fully saturated rings. The molecule has 3 aromatic rings. The van der Waals surface area contributed by atoms with Gasteiger partial charge in [0.25, 0.3) is 0 Å². The lowest BCUT2D eigenvalue weighted by Gasteiger charge is -2.09. The number of anilines is 2. The molecule has 0 unspecified atom stereocenters.